The Hall–Kier alpha value is 0.730. The van der Waals surface area contributed by atoms with E-state index in [0.29, 0.717) is 6.85 Å². The number of rotatable bonds is 6. The second kappa shape index (κ2) is 9.69. The van der Waals surface area contributed by atoms with Gasteiger partial charge in [-0.05, 0) is 0 Å². The first kappa shape index (κ1) is 18.8. The molecule has 1 saturated carbocycles. The molecule has 0 aromatic heterocycles. The molecule has 20 heavy (non-hydrogen) atoms. The summed E-state index contributed by atoms with van der Waals surface area (Å²) in [6.07, 6.45) is 2.00. The van der Waals surface area contributed by atoms with E-state index in [4.69, 9.17) is 14.8 Å². The first-order valence-corrected chi connectivity index (χ1v) is 17.6. The summed E-state index contributed by atoms with van der Waals surface area (Å²) in [5, 5.41) is 0. The van der Waals surface area contributed by atoms with Crippen molar-refractivity contribution < 1.29 is 74.4 Å². The zero-order chi connectivity index (χ0) is 15.1. The standard InChI is InChI=1S/C8H14O2.2C2H4O2.2Hg/c1-9-7-3-5-8(10-2)6-4-7;2*1-2(3)4;;/h3,6-8H,4-5H2,1-2H3;2*1H3,(H,3,4);;/q;;;2*+1/p-2. The molecule has 0 radical (unpaired) electrons. The van der Waals surface area contributed by atoms with E-state index in [1.165, 1.54) is 13.8 Å². The summed E-state index contributed by atoms with van der Waals surface area (Å²) in [5.41, 5.74) is 0. The number of carbonyl (C=O) groups is 2. The molecule has 0 aromatic rings. The molecule has 0 aliphatic heterocycles. The van der Waals surface area contributed by atoms with Gasteiger partial charge in [-0.15, -0.1) is 0 Å². The molecule has 4 atom stereocenters. The number of ether oxygens (including phenoxy) is 2. The monoisotopic (exact) mass is 664 g/mol. The zero-order valence-corrected chi connectivity index (χ0v) is 23.6. The van der Waals surface area contributed by atoms with Gasteiger partial charge in [-0.2, -0.15) is 0 Å². The van der Waals surface area contributed by atoms with Crippen molar-refractivity contribution in [2.24, 2.45) is 0 Å². The second-order valence-corrected chi connectivity index (χ2v) is 18.1. The number of methoxy groups -OCH3 is 2. The molecule has 1 aliphatic rings. The van der Waals surface area contributed by atoms with Crippen LogP contribution in [0.15, 0.2) is 0 Å². The van der Waals surface area contributed by atoms with Gasteiger partial charge in [0.2, 0.25) is 0 Å². The van der Waals surface area contributed by atoms with Gasteiger partial charge >= 0.3 is 146 Å². The maximum absolute atomic E-state index is 11.0. The molecule has 1 fully saturated rings. The first-order valence-electron chi connectivity index (χ1n) is 6.80. The Morgan fingerprint density at radius 2 is 1.20 bits per heavy atom. The van der Waals surface area contributed by atoms with Crippen LogP contribution in [0.25, 0.3) is 0 Å². The maximum atomic E-state index is 11.0. The number of carbonyl (C=O) groups excluding carboxylic acids is 2. The molecule has 1 aliphatic carbocycles. The van der Waals surface area contributed by atoms with Crippen molar-refractivity contribution >= 4 is 11.9 Å². The second-order valence-electron chi connectivity index (χ2n) is 5.15. The molecule has 1 rings (SSSR count). The van der Waals surface area contributed by atoms with E-state index in [-0.39, 0.29) is 24.1 Å². The van der Waals surface area contributed by atoms with Crippen molar-refractivity contribution in [1.29, 1.82) is 0 Å². The fraction of sp³-hybridized carbons (Fsp3) is 0.833. The van der Waals surface area contributed by atoms with E-state index in [1.807, 2.05) is 0 Å². The third kappa shape index (κ3) is 6.23. The van der Waals surface area contributed by atoms with Crippen molar-refractivity contribution in [3.05, 3.63) is 0 Å². The SMILES string of the molecule is COC1C[CH]([Hg][O]C(C)=O)C(OC)C[CH]1[Hg][O]C(C)=O. The Bertz CT molecular complexity index is 306. The van der Waals surface area contributed by atoms with Gasteiger partial charge in [0.25, 0.3) is 0 Å². The first-order chi connectivity index (χ1) is 9.47. The molecule has 0 saturated heterocycles. The Labute approximate surface area is 145 Å². The molecule has 0 heterocycles. The van der Waals surface area contributed by atoms with E-state index in [9.17, 15) is 9.59 Å². The average Bonchev–Trinajstić information content (AvgIpc) is 2.42. The molecular formula is C12H20Hg2O6. The summed E-state index contributed by atoms with van der Waals surface area (Å²) in [6, 6.07) is 0. The van der Waals surface area contributed by atoms with Crippen LogP contribution in [-0.2, 0) is 74.4 Å². The Balaban J connectivity index is 2.61. The fourth-order valence-electron chi connectivity index (χ4n) is 2.66. The summed E-state index contributed by atoms with van der Waals surface area (Å²) in [7, 11) is 3.40. The van der Waals surface area contributed by atoms with Gasteiger partial charge in [0.1, 0.15) is 0 Å². The summed E-state index contributed by atoms with van der Waals surface area (Å²) in [6.45, 7) is 2.91. The van der Waals surface area contributed by atoms with Crippen LogP contribution in [0.1, 0.15) is 26.7 Å². The van der Waals surface area contributed by atoms with Crippen molar-refractivity contribution in [3.63, 3.8) is 0 Å². The molecular weight excluding hydrogens is 641 g/mol. The van der Waals surface area contributed by atoms with Crippen LogP contribution in [-0.4, -0.2) is 38.4 Å². The van der Waals surface area contributed by atoms with Gasteiger partial charge in [0.15, 0.2) is 0 Å². The summed E-state index contributed by atoms with van der Waals surface area (Å²) in [4.78, 5) is 22.0. The third-order valence-electron chi connectivity index (χ3n) is 3.73. The fourth-order valence-corrected chi connectivity index (χ4v) is 14.4. The molecule has 8 heteroatoms. The van der Waals surface area contributed by atoms with Crippen molar-refractivity contribution in [1.82, 2.24) is 0 Å². The van der Waals surface area contributed by atoms with Gasteiger partial charge in [-0.25, -0.2) is 0 Å². The molecule has 108 valence electrons. The van der Waals surface area contributed by atoms with E-state index in [0.717, 1.165) is 12.8 Å². The molecule has 0 aromatic carbocycles. The van der Waals surface area contributed by atoms with Gasteiger partial charge in [0.05, 0.1) is 0 Å². The molecule has 0 bridgehead atoms. The predicted molar refractivity (Wildman–Crippen MR) is 61.9 cm³/mol. The van der Waals surface area contributed by atoms with Crippen molar-refractivity contribution in [2.45, 2.75) is 45.8 Å². The van der Waals surface area contributed by atoms with Crippen LogP contribution in [0.5, 0.6) is 0 Å². The number of hydrogen-bond donors (Lipinski definition) is 0. The zero-order valence-electron chi connectivity index (χ0n) is 12.6. The van der Waals surface area contributed by atoms with Crippen molar-refractivity contribution in [3.8, 4) is 0 Å². The van der Waals surface area contributed by atoms with Gasteiger partial charge in [0, 0.05) is 0 Å². The van der Waals surface area contributed by atoms with E-state index >= 15 is 0 Å². The van der Waals surface area contributed by atoms with Crippen LogP contribution in [0.3, 0.4) is 0 Å². The minimum atomic E-state index is -1.77. The molecule has 6 nitrogen and oxygen atoms in total. The van der Waals surface area contributed by atoms with E-state index in [2.05, 4.69) is 0 Å². The van der Waals surface area contributed by atoms with Crippen LogP contribution in [0.4, 0.5) is 0 Å². The molecule has 0 amide bonds. The van der Waals surface area contributed by atoms with E-state index in [1.54, 1.807) is 14.2 Å². The Morgan fingerprint density at radius 3 is 1.45 bits per heavy atom. The number of hydrogen-bond acceptors (Lipinski definition) is 6. The van der Waals surface area contributed by atoms with Crippen LogP contribution in [0.2, 0.25) is 6.85 Å². The molecule has 4 unspecified atom stereocenters. The van der Waals surface area contributed by atoms with Gasteiger partial charge < -0.3 is 0 Å². The normalized spacial score (nSPS) is 29.0. The Kier molecular flexibility index (Phi) is 9.10. The molecule has 0 N–H and O–H groups in total. The van der Waals surface area contributed by atoms with Crippen LogP contribution in [0, 0.1) is 0 Å². The minimum absolute atomic E-state index is 0.128. The topological polar surface area (TPSA) is 71.1 Å². The molecule has 0 spiro atoms. The van der Waals surface area contributed by atoms with Crippen LogP contribution >= 0.6 is 0 Å². The van der Waals surface area contributed by atoms with E-state index < -0.39 is 50.1 Å². The predicted octanol–water partition coefficient (Wildman–Crippen LogP) is 1.51. The van der Waals surface area contributed by atoms with Gasteiger partial charge in [-0.3, -0.25) is 0 Å². The van der Waals surface area contributed by atoms with Gasteiger partial charge in [-0.1, -0.05) is 0 Å². The summed E-state index contributed by atoms with van der Waals surface area (Å²) in [5.74, 6) is -0.366. The van der Waals surface area contributed by atoms with Crippen LogP contribution < -0.4 is 0 Å². The third-order valence-corrected chi connectivity index (χ3v) is 18.2. The van der Waals surface area contributed by atoms with Crippen molar-refractivity contribution in [2.75, 3.05) is 14.2 Å². The summed E-state index contributed by atoms with van der Waals surface area (Å²) < 4.78 is 22.5. The Morgan fingerprint density at radius 1 is 0.850 bits per heavy atom. The summed E-state index contributed by atoms with van der Waals surface area (Å²) >= 11 is -3.53. The quantitative estimate of drug-likeness (QED) is 0.403. The average molecular weight is 661 g/mol.